The zero-order valence-corrected chi connectivity index (χ0v) is 16.0. The molecule has 0 saturated heterocycles. The lowest BCUT2D eigenvalue weighted by Crippen LogP contribution is -2.29. The number of rotatable bonds is 9. The smallest absolute Gasteiger partial charge is 0.230 e. The molecular formula is C19H19FN4O3S. The Bertz CT molecular complexity index is 900. The van der Waals surface area contributed by atoms with Crippen LogP contribution in [0.15, 0.2) is 60.0 Å². The average molecular weight is 402 g/mol. The van der Waals surface area contributed by atoms with E-state index < -0.39 is 0 Å². The van der Waals surface area contributed by atoms with Gasteiger partial charge in [-0.25, -0.2) is 4.39 Å². The Hall–Kier alpha value is -3.07. The van der Waals surface area contributed by atoms with E-state index in [1.54, 1.807) is 30.1 Å². The number of benzene rings is 2. The Morgan fingerprint density at radius 3 is 2.57 bits per heavy atom. The molecule has 0 radical (unpaired) electrons. The Balaban J connectivity index is 1.43. The fourth-order valence-electron chi connectivity index (χ4n) is 2.31. The van der Waals surface area contributed by atoms with Gasteiger partial charge in [0.25, 0.3) is 0 Å². The van der Waals surface area contributed by atoms with Crippen LogP contribution in [0.3, 0.4) is 0 Å². The number of ether oxygens (including phenoxy) is 2. The molecule has 0 bridgehead atoms. The first kappa shape index (κ1) is 19.7. The monoisotopic (exact) mass is 402 g/mol. The van der Waals surface area contributed by atoms with Crippen LogP contribution in [-0.2, 0) is 4.79 Å². The van der Waals surface area contributed by atoms with E-state index in [0.717, 1.165) is 11.4 Å². The average Bonchev–Trinajstić information content (AvgIpc) is 3.19. The van der Waals surface area contributed by atoms with Crippen molar-refractivity contribution in [2.75, 3.05) is 26.0 Å². The van der Waals surface area contributed by atoms with Crippen molar-refractivity contribution in [3.8, 4) is 17.2 Å². The maximum Gasteiger partial charge on any atom is 0.230 e. The van der Waals surface area contributed by atoms with Gasteiger partial charge in [0.05, 0.1) is 19.4 Å². The number of carbonyl (C=O) groups excluding carboxylic acids is 1. The zero-order chi connectivity index (χ0) is 19.8. The highest BCUT2D eigenvalue weighted by Gasteiger charge is 2.10. The quantitative estimate of drug-likeness (QED) is 0.438. The normalized spacial score (nSPS) is 10.5. The van der Waals surface area contributed by atoms with Crippen LogP contribution in [0.2, 0.25) is 0 Å². The third kappa shape index (κ3) is 5.46. The minimum atomic E-state index is -0.319. The summed E-state index contributed by atoms with van der Waals surface area (Å²) in [5, 5.41) is 11.4. The van der Waals surface area contributed by atoms with Gasteiger partial charge in [-0.2, -0.15) is 0 Å². The summed E-state index contributed by atoms with van der Waals surface area (Å²) in [4.78, 5) is 12.0. The van der Waals surface area contributed by atoms with Gasteiger partial charge in [-0.1, -0.05) is 11.8 Å². The summed E-state index contributed by atoms with van der Waals surface area (Å²) in [6, 6.07) is 13.2. The first-order valence-corrected chi connectivity index (χ1v) is 9.46. The van der Waals surface area contributed by atoms with Crippen molar-refractivity contribution in [1.82, 2.24) is 20.1 Å². The third-order valence-corrected chi connectivity index (χ3v) is 4.65. The number of nitrogens with zero attached hydrogens (tertiary/aromatic N) is 3. The highest BCUT2D eigenvalue weighted by Crippen LogP contribution is 2.21. The number of methoxy groups -OCH3 is 1. The van der Waals surface area contributed by atoms with Crippen LogP contribution in [0.5, 0.6) is 11.5 Å². The molecule has 0 aliphatic heterocycles. The van der Waals surface area contributed by atoms with Gasteiger partial charge in [0, 0.05) is 5.69 Å². The predicted molar refractivity (Wildman–Crippen MR) is 104 cm³/mol. The van der Waals surface area contributed by atoms with Crippen LogP contribution in [0.4, 0.5) is 4.39 Å². The van der Waals surface area contributed by atoms with E-state index >= 15 is 0 Å². The molecule has 146 valence electrons. The van der Waals surface area contributed by atoms with Crippen molar-refractivity contribution in [3.05, 3.63) is 60.7 Å². The maximum absolute atomic E-state index is 12.8. The molecule has 0 saturated carbocycles. The van der Waals surface area contributed by atoms with Crippen molar-refractivity contribution in [2.45, 2.75) is 5.16 Å². The van der Waals surface area contributed by atoms with E-state index in [4.69, 9.17) is 9.47 Å². The number of nitrogens with one attached hydrogen (secondary N) is 1. The van der Waals surface area contributed by atoms with Crippen LogP contribution in [-0.4, -0.2) is 46.7 Å². The Kier molecular flexibility index (Phi) is 6.85. The minimum absolute atomic E-state index is 0.142. The van der Waals surface area contributed by atoms with E-state index in [1.165, 1.54) is 23.9 Å². The van der Waals surface area contributed by atoms with Gasteiger partial charge in [0.15, 0.2) is 5.16 Å². The Morgan fingerprint density at radius 2 is 1.86 bits per heavy atom. The second kappa shape index (κ2) is 9.75. The Labute approximate surface area is 165 Å². The van der Waals surface area contributed by atoms with Gasteiger partial charge in [0.2, 0.25) is 5.91 Å². The van der Waals surface area contributed by atoms with E-state index in [0.29, 0.717) is 24.1 Å². The molecule has 1 heterocycles. The maximum atomic E-state index is 12.8. The molecule has 28 heavy (non-hydrogen) atoms. The molecule has 0 aliphatic rings. The molecule has 0 fully saturated rings. The van der Waals surface area contributed by atoms with E-state index in [1.807, 2.05) is 24.3 Å². The molecule has 2 aromatic carbocycles. The summed E-state index contributed by atoms with van der Waals surface area (Å²) in [7, 11) is 1.61. The predicted octanol–water partition coefficient (Wildman–Crippen LogP) is 2.70. The molecule has 0 spiro atoms. The summed E-state index contributed by atoms with van der Waals surface area (Å²) in [5.74, 6) is 1.05. The molecule has 0 atom stereocenters. The summed E-state index contributed by atoms with van der Waals surface area (Å²) >= 11 is 1.29. The third-order valence-electron chi connectivity index (χ3n) is 3.71. The number of halogens is 1. The largest absolute Gasteiger partial charge is 0.497 e. The van der Waals surface area contributed by atoms with Crippen molar-refractivity contribution >= 4 is 17.7 Å². The van der Waals surface area contributed by atoms with E-state index in [9.17, 15) is 9.18 Å². The summed E-state index contributed by atoms with van der Waals surface area (Å²) < 4.78 is 25.2. The number of amides is 1. The van der Waals surface area contributed by atoms with Crippen molar-refractivity contribution in [1.29, 1.82) is 0 Å². The first-order valence-electron chi connectivity index (χ1n) is 8.48. The van der Waals surface area contributed by atoms with Crippen LogP contribution >= 0.6 is 11.8 Å². The topological polar surface area (TPSA) is 78.3 Å². The lowest BCUT2D eigenvalue weighted by atomic mass is 10.3. The molecule has 7 nitrogen and oxygen atoms in total. The Morgan fingerprint density at radius 1 is 1.14 bits per heavy atom. The lowest BCUT2D eigenvalue weighted by Gasteiger charge is -2.09. The molecule has 0 aliphatic carbocycles. The highest BCUT2D eigenvalue weighted by atomic mass is 32.2. The lowest BCUT2D eigenvalue weighted by molar-refractivity contribution is -0.118. The van der Waals surface area contributed by atoms with Gasteiger partial charge in [0.1, 0.15) is 30.3 Å². The fraction of sp³-hybridized carbons (Fsp3) is 0.211. The van der Waals surface area contributed by atoms with Crippen LogP contribution < -0.4 is 14.8 Å². The van der Waals surface area contributed by atoms with Gasteiger partial charge in [-0.05, 0) is 48.5 Å². The number of aromatic nitrogens is 3. The number of hydrogen-bond acceptors (Lipinski definition) is 6. The zero-order valence-electron chi connectivity index (χ0n) is 15.2. The molecule has 0 unspecified atom stereocenters. The van der Waals surface area contributed by atoms with Crippen LogP contribution in [0, 0.1) is 5.82 Å². The number of hydrogen-bond donors (Lipinski definition) is 1. The molecule has 1 amide bonds. The van der Waals surface area contributed by atoms with E-state index in [2.05, 4.69) is 15.5 Å². The van der Waals surface area contributed by atoms with Gasteiger partial charge < -0.3 is 14.8 Å². The van der Waals surface area contributed by atoms with Gasteiger partial charge >= 0.3 is 0 Å². The number of thioether (sulfide) groups is 1. The molecular weight excluding hydrogens is 383 g/mol. The number of carbonyl (C=O) groups is 1. The molecule has 1 N–H and O–H groups in total. The van der Waals surface area contributed by atoms with E-state index in [-0.39, 0.29) is 17.5 Å². The van der Waals surface area contributed by atoms with Crippen molar-refractivity contribution in [2.24, 2.45) is 0 Å². The van der Waals surface area contributed by atoms with Crippen molar-refractivity contribution < 1.29 is 18.7 Å². The standard InChI is InChI=1S/C19H19FN4O3S/c1-26-16-8-4-15(5-9-16)24-13-22-23-19(24)28-12-18(25)21-10-11-27-17-6-2-14(20)3-7-17/h2-9,13H,10-12H2,1H3,(H,21,25). The summed E-state index contributed by atoms with van der Waals surface area (Å²) in [5.41, 5.74) is 0.876. The summed E-state index contributed by atoms with van der Waals surface area (Å²) in [6.45, 7) is 0.645. The highest BCUT2D eigenvalue weighted by molar-refractivity contribution is 7.99. The van der Waals surface area contributed by atoms with Gasteiger partial charge in [-0.15, -0.1) is 10.2 Å². The molecule has 1 aromatic heterocycles. The first-order chi connectivity index (χ1) is 13.7. The second-order valence-electron chi connectivity index (χ2n) is 5.62. The van der Waals surface area contributed by atoms with Crippen LogP contribution in [0.25, 0.3) is 5.69 Å². The molecule has 9 heteroatoms. The molecule has 3 aromatic rings. The van der Waals surface area contributed by atoms with Gasteiger partial charge in [-0.3, -0.25) is 9.36 Å². The minimum Gasteiger partial charge on any atom is -0.497 e. The molecule has 3 rings (SSSR count). The van der Waals surface area contributed by atoms with Crippen molar-refractivity contribution in [3.63, 3.8) is 0 Å². The SMILES string of the molecule is COc1ccc(-n2cnnc2SCC(=O)NCCOc2ccc(F)cc2)cc1. The van der Waals surface area contributed by atoms with Crippen LogP contribution in [0.1, 0.15) is 0 Å². The fourth-order valence-corrected chi connectivity index (χ4v) is 3.07. The summed E-state index contributed by atoms with van der Waals surface area (Å²) in [6.07, 6.45) is 1.60. The second-order valence-corrected chi connectivity index (χ2v) is 6.57.